The number of carbonyl (C=O) groups excluding carboxylic acids is 1. The van der Waals surface area contributed by atoms with Gasteiger partial charge in [-0.1, -0.05) is 6.42 Å². The Morgan fingerprint density at radius 1 is 1.46 bits per heavy atom. The number of fused-ring (bicyclic) bond motifs is 2. The summed E-state index contributed by atoms with van der Waals surface area (Å²) in [5.41, 5.74) is 0. The second-order valence-electron chi connectivity index (χ2n) is 4.20. The van der Waals surface area contributed by atoms with Gasteiger partial charge in [-0.15, -0.1) is 0 Å². The van der Waals surface area contributed by atoms with Crippen LogP contribution in [0.25, 0.3) is 0 Å². The molecule has 3 nitrogen and oxygen atoms in total. The lowest BCUT2D eigenvalue weighted by atomic mass is 10.0. The van der Waals surface area contributed by atoms with Crippen molar-refractivity contribution in [3.8, 4) is 0 Å². The quantitative estimate of drug-likeness (QED) is 0.572. The van der Waals surface area contributed by atoms with Crippen LogP contribution in [0.3, 0.4) is 0 Å². The topological polar surface area (TPSA) is 29.5 Å². The Kier molecular flexibility index (Phi) is 2.28. The van der Waals surface area contributed by atoms with Crippen molar-refractivity contribution in [1.29, 1.82) is 0 Å². The molecule has 0 spiro atoms. The lowest BCUT2D eigenvalue weighted by molar-refractivity contribution is -0.147. The Hall–Kier alpha value is -0.570. The van der Waals surface area contributed by atoms with Crippen molar-refractivity contribution in [2.75, 3.05) is 7.05 Å². The summed E-state index contributed by atoms with van der Waals surface area (Å²) in [6.45, 7) is 1.50. The van der Waals surface area contributed by atoms with Crippen molar-refractivity contribution >= 4 is 5.97 Å². The largest absolute Gasteiger partial charge is 0.461 e. The number of nitrogens with zero attached hydrogens (tertiary/aromatic N) is 1. The summed E-state index contributed by atoms with van der Waals surface area (Å²) in [5, 5.41) is 0. The third kappa shape index (κ3) is 1.57. The number of hydrogen-bond acceptors (Lipinski definition) is 3. The Morgan fingerprint density at radius 2 is 2.23 bits per heavy atom. The Morgan fingerprint density at radius 3 is 2.85 bits per heavy atom. The van der Waals surface area contributed by atoms with Crippen LogP contribution in [0.4, 0.5) is 0 Å². The summed E-state index contributed by atoms with van der Waals surface area (Å²) in [4.78, 5) is 13.2. The molecule has 2 saturated heterocycles. The Labute approximate surface area is 79.0 Å². The van der Waals surface area contributed by atoms with Crippen molar-refractivity contribution in [2.45, 2.75) is 50.8 Å². The van der Waals surface area contributed by atoms with E-state index >= 15 is 0 Å². The molecular formula is C10H17NO2. The predicted octanol–water partition coefficient (Wildman–Crippen LogP) is 1.17. The minimum atomic E-state index is -0.133. The van der Waals surface area contributed by atoms with Crippen molar-refractivity contribution in [2.24, 2.45) is 0 Å². The maximum absolute atomic E-state index is 10.9. The van der Waals surface area contributed by atoms with E-state index in [-0.39, 0.29) is 12.1 Å². The molecule has 2 aliphatic rings. The van der Waals surface area contributed by atoms with E-state index in [2.05, 4.69) is 11.9 Å². The number of ether oxygens (including phenoxy) is 1. The minimum absolute atomic E-state index is 0.133. The highest BCUT2D eigenvalue weighted by molar-refractivity contribution is 5.66. The van der Waals surface area contributed by atoms with Gasteiger partial charge < -0.3 is 4.74 Å². The second kappa shape index (κ2) is 3.29. The molecule has 0 radical (unpaired) electrons. The average Bonchev–Trinajstić information content (AvgIpc) is 2.28. The second-order valence-corrected chi connectivity index (χ2v) is 4.20. The van der Waals surface area contributed by atoms with E-state index in [0.29, 0.717) is 12.1 Å². The molecule has 3 heteroatoms. The van der Waals surface area contributed by atoms with Crippen molar-refractivity contribution in [3.63, 3.8) is 0 Å². The van der Waals surface area contributed by atoms with Crippen LogP contribution in [0.1, 0.15) is 32.6 Å². The molecule has 2 heterocycles. The number of carbonyl (C=O) groups is 1. The molecule has 2 aliphatic heterocycles. The monoisotopic (exact) mass is 183 g/mol. The third-order valence-electron chi connectivity index (χ3n) is 3.39. The van der Waals surface area contributed by atoms with E-state index in [4.69, 9.17) is 4.74 Å². The summed E-state index contributed by atoms with van der Waals surface area (Å²) < 4.78 is 5.31. The molecule has 2 unspecified atom stereocenters. The fraction of sp³-hybridized carbons (Fsp3) is 0.900. The zero-order valence-electron chi connectivity index (χ0n) is 8.32. The van der Waals surface area contributed by atoms with Crippen LogP contribution >= 0.6 is 0 Å². The molecule has 0 amide bonds. The van der Waals surface area contributed by atoms with E-state index in [1.165, 1.54) is 26.2 Å². The first-order chi connectivity index (χ1) is 6.18. The molecule has 3 atom stereocenters. The fourth-order valence-corrected chi connectivity index (χ4v) is 2.74. The summed E-state index contributed by atoms with van der Waals surface area (Å²) in [7, 11) is 2.15. The van der Waals surface area contributed by atoms with Gasteiger partial charge in [0.1, 0.15) is 6.10 Å². The van der Waals surface area contributed by atoms with E-state index in [1.807, 2.05) is 0 Å². The lowest BCUT2D eigenvalue weighted by Crippen LogP contribution is -2.39. The number of esters is 1. The van der Waals surface area contributed by atoms with Crippen LogP contribution in [-0.2, 0) is 9.53 Å². The molecule has 0 aliphatic carbocycles. The molecule has 0 N–H and O–H groups in total. The first-order valence-electron chi connectivity index (χ1n) is 5.07. The maximum Gasteiger partial charge on any atom is 0.302 e. The minimum Gasteiger partial charge on any atom is -0.461 e. The molecule has 2 bridgehead atoms. The molecule has 0 saturated carbocycles. The highest BCUT2D eigenvalue weighted by Gasteiger charge is 2.42. The van der Waals surface area contributed by atoms with E-state index in [0.717, 1.165) is 6.42 Å². The van der Waals surface area contributed by atoms with Gasteiger partial charge in [-0.05, 0) is 19.9 Å². The molecule has 2 rings (SSSR count). The van der Waals surface area contributed by atoms with Crippen LogP contribution in [0.5, 0.6) is 0 Å². The zero-order valence-corrected chi connectivity index (χ0v) is 8.32. The molecule has 0 aromatic heterocycles. The van der Waals surface area contributed by atoms with Crippen LogP contribution in [-0.4, -0.2) is 36.1 Å². The van der Waals surface area contributed by atoms with Gasteiger partial charge in [0.05, 0.1) is 0 Å². The van der Waals surface area contributed by atoms with Crippen LogP contribution in [0.2, 0.25) is 0 Å². The summed E-state index contributed by atoms with van der Waals surface area (Å²) in [6, 6.07) is 1.14. The van der Waals surface area contributed by atoms with Gasteiger partial charge >= 0.3 is 5.97 Å². The predicted molar refractivity (Wildman–Crippen MR) is 49.4 cm³/mol. The van der Waals surface area contributed by atoms with Gasteiger partial charge in [0, 0.05) is 25.4 Å². The Bertz CT molecular complexity index is 217. The van der Waals surface area contributed by atoms with Crippen LogP contribution in [0.15, 0.2) is 0 Å². The average molecular weight is 183 g/mol. The van der Waals surface area contributed by atoms with E-state index in [1.54, 1.807) is 0 Å². The van der Waals surface area contributed by atoms with Gasteiger partial charge in [0.25, 0.3) is 0 Å². The highest BCUT2D eigenvalue weighted by Crippen LogP contribution is 2.35. The van der Waals surface area contributed by atoms with Gasteiger partial charge in [-0.25, -0.2) is 0 Å². The van der Waals surface area contributed by atoms with E-state index in [9.17, 15) is 4.79 Å². The van der Waals surface area contributed by atoms with Gasteiger partial charge in [0.15, 0.2) is 0 Å². The first kappa shape index (κ1) is 9.00. The molecule has 0 aromatic carbocycles. The van der Waals surface area contributed by atoms with Crippen LogP contribution in [0, 0.1) is 0 Å². The normalized spacial score (nSPS) is 39.1. The van der Waals surface area contributed by atoms with Crippen molar-refractivity contribution in [1.82, 2.24) is 4.90 Å². The summed E-state index contributed by atoms with van der Waals surface area (Å²) >= 11 is 0. The van der Waals surface area contributed by atoms with Crippen molar-refractivity contribution < 1.29 is 9.53 Å². The van der Waals surface area contributed by atoms with Crippen LogP contribution < -0.4 is 0 Å². The first-order valence-corrected chi connectivity index (χ1v) is 5.07. The highest BCUT2D eigenvalue weighted by atomic mass is 16.5. The molecule has 74 valence electrons. The molecule has 2 fully saturated rings. The number of rotatable bonds is 1. The maximum atomic E-state index is 10.9. The molecule has 0 aromatic rings. The number of piperidine rings is 1. The zero-order chi connectivity index (χ0) is 9.42. The molecule has 13 heavy (non-hydrogen) atoms. The SMILES string of the molecule is CC(=O)O[C@H]1CC2CCCC1N2C. The number of likely N-dealkylation sites (N-methyl/N-ethyl adjacent to an activating group) is 1. The van der Waals surface area contributed by atoms with Crippen molar-refractivity contribution in [3.05, 3.63) is 0 Å². The lowest BCUT2D eigenvalue weighted by Gasteiger charge is -2.31. The summed E-state index contributed by atoms with van der Waals surface area (Å²) in [5.74, 6) is -0.133. The Balaban J connectivity index is 2.03. The smallest absolute Gasteiger partial charge is 0.302 e. The molecular weight excluding hydrogens is 166 g/mol. The standard InChI is InChI=1S/C10H17NO2/c1-7(12)13-10-6-8-4-3-5-9(10)11(8)2/h8-10H,3-6H2,1-2H3/t8?,9?,10-/m0/s1. The number of hydrogen-bond donors (Lipinski definition) is 0. The fourth-order valence-electron chi connectivity index (χ4n) is 2.74. The third-order valence-corrected chi connectivity index (χ3v) is 3.39. The van der Waals surface area contributed by atoms with Gasteiger partial charge in [0.2, 0.25) is 0 Å². The van der Waals surface area contributed by atoms with Gasteiger partial charge in [-0.2, -0.15) is 0 Å². The van der Waals surface area contributed by atoms with E-state index < -0.39 is 0 Å². The van der Waals surface area contributed by atoms with Gasteiger partial charge in [-0.3, -0.25) is 9.69 Å². The summed E-state index contributed by atoms with van der Waals surface area (Å²) in [6.07, 6.45) is 4.95.